The van der Waals surface area contributed by atoms with E-state index in [1.807, 2.05) is 12.1 Å². The summed E-state index contributed by atoms with van der Waals surface area (Å²) in [6.45, 7) is 17.8. The molecule has 0 aliphatic heterocycles. The molecule has 0 aliphatic carbocycles. The van der Waals surface area contributed by atoms with Crippen molar-refractivity contribution in [2.75, 3.05) is 0 Å². The Morgan fingerprint density at radius 3 is 1.24 bits per heavy atom. The average Bonchev–Trinajstić information content (AvgIpc) is 2.92. The van der Waals surface area contributed by atoms with Gasteiger partial charge in [0.05, 0.1) is 23.3 Å². The predicted octanol–water partition coefficient (Wildman–Crippen LogP) is 10.4. The van der Waals surface area contributed by atoms with Gasteiger partial charge in [0.25, 0.3) is 0 Å². The van der Waals surface area contributed by atoms with Crippen molar-refractivity contribution in [3.63, 3.8) is 0 Å². The van der Waals surface area contributed by atoms with E-state index >= 15 is 0 Å². The standard InChI is InChI=1S/C36H34N2/c1-21(2)7-9-23(5)27-15-17-31-30-14-12-26(20-38)34-28(24(6)10-8-22(3)4)16-18-32(36(30)34)29-13-11-25(19-37)33(27)35(29)31/h11-18,21-22H,5-10H2,1-4H3. The predicted molar refractivity (Wildman–Crippen MR) is 163 cm³/mol. The largest absolute Gasteiger partial charge is 0.192 e. The number of fused-ring (bicyclic) bond motifs is 2. The van der Waals surface area contributed by atoms with E-state index in [4.69, 9.17) is 0 Å². The molecular formula is C36H34N2. The lowest BCUT2D eigenvalue weighted by Crippen LogP contribution is -1.97. The average molecular weight is 495 g/mol. The summed E-state index contributed by atoms with van der Waals surface area (Å²) in [5.74, 6) is 1.18. The second kappa shape index (κ2) is 9.96. The smallest absolute Gasteiger partial charge is 0.0998 e. The first kappa shape index (κ1) is 25.5. The van der Waals surface area contributed by atoms with Crippen LogP contribution in [0.25, 0.3) is 54.2 Å². The summed E-state index contributed by atoms with van der Waals surface area (Å²) >= 11 is 0. The fourth-order valence-corrected chi connectivity index (χ4v) is 5.86. The van der Waals surface area contributed by atoms with Crippen LogP contribution >= 0.6 is 0 Å². The molecule has 0 fully saturated rings. The zero-order valence-electron chi connectivity index (χ0n) is 22.9. The monoisotopic (exact) mass is 494 g/mol. The van der Waals surface area contributed by atoms with Gasteiger partial charge in [0.1, 0.15) is 0 Å². The van der Waals surface area contributed by atoms with Crippen LogP contribution in [-0.2, 0) is 0 Å². The van der Waals surface area contributed by atoms with Gasteiger partial charge in [-0.1, -0.05) is 77.3 Å². The summed E-state index contributed by atoms with van der Waals surface area (Å²) in [5, 5.41) is 28.9. The third-order valence-electron chi connectivity index (χ3n) is 7.95. The maximum absolute atomic E-state index is 10.1. The number of benzene rings is 5. The summed E-state index contributed by atoms with van der Waals surface area (Å²) in [5.41, 5.74) is 5.64. The molecule has 5 rings (SSSR count). The minimum atomic E-state index is 0.588. The first-order chi connectivity index (χ1) is 18.3. The van der Waals surface area contributed by atoms with Gasteiger partial charge < -0.3 is 0 Å². The quantitative estimate of drug-likeness (QED) is 0.159. The van der Waals surface area contributed by atoms with E-state index < -0.39 is 0 Å². The Balaban J connectivity index is 1.88. The van der Waals surface area contributed by atoms with Gasteiger partial charge in [0, 0.05) is 10.8 Å². The Bertz CT molecular complexity index is 1660. The molecule has 0 aromatic heterocycles. The molecule has 2 heteroatoms. The molecule has 0 unspecified atom stereocenters. The third-order valence-corrected chi connectivity index (χ3v) is 7.95. The zero-order valence-corrected chi connectivity index (χ0v) is 22.9. The van der Waals surface area contributed by atoms with Gasteiger partial charge in [-0.25, -0.2) is 0 Å². The Hall–Kier alpha value is -4.14. The van der Waals surface area contributed by atoms with Crippen molar-refractivity contribution < 1.29 is 0 Å². The first-order valence-electron chi connectivity index (χ1n) is 13.6. The fraction of sp³-hybridized carbons (Fsp3) is 0.278. The molecule has 188 valence electrons. The molecule has 0 saturated carbocycles. The summed E-state index contributed by atoms with van der Waals surface area (Å²) in [6, 6.07) is 21.6. The molecule has 5 aromatic carbocycles. The van der Waals surface area contributed by atoms with Gasteiger partial charge in [0.2, 0.25) is 0 Å². The van der Waals surface area contributed by atoms with Crippen molar-refractivity contribution in [1.29, 1.82) is 10.5 Å². The Kier molecular flexibility index (Phi) is 6.69. The van der Waals surface area contributed by atoms with E-state index in [0.29, 0.717) is 23.0 Å². The minimum absolute atomic E-state index is 0.588. The molecule has 0 radical (unpaired) electrons. The summed E-state index contributed by atoms with van der Waals surface area (Å²) in [4.78, 5) is 0. The van der Waals surface area contributed by atoms with Crippen LogP contribution in [-0.4, -0.2) is 0 Å². The molecule has 5 aromatic rings. The highest BCUT2D eigenvalue weighted by atomic mass is 14.3. The van der Waals surface area contributed by atoms with Crippen LogP contribution in [0.5, 0.6) is 0 Å². The number of hydrogen-bond acceptors (Lipinski definition) is 2. The number of nitriles is 2. The molecule has 0 atom stereocenters. The van der Waals surface area contributed by atoms with Crippen molar-refractivity contribution >= 4 is 54.2 Å². The van der Waals surface area contributed by atoms with Crippen molar-refractivity contribution in [3.05, 3.63) is 83.9 Å². The summed E-state index contributed by atoms with van der Waals surface area (Å²) in [7, 11) is 0. The van der Waals surface area contributed by atoms with Gasteiger partial charge >= 0.3 is 0 Å². The molecular weight excluding hydrogens is 460 g/mol. The molecule has 0 bridgehead atoms. The van der Waals surface area contributed by atoms with Crippen LogP contribution in [0.4, 0.5) is 0 Å². The molecule has 0 aliphatic rings. The van der Waals surface area contributed by atoms with Gasteiger partial charge in [-0.15, -0.1) is 0 Å². The highest BCUT2D eigenvalue weighted by Crippen LogP contribution is 2.46. The number of nitrogens with zero attached hydrogens (tertiary/aromatic N) is 2. The van der Waals surface area contributed by atoms with Crippen LogP contribution in [0.1, 0.15) is 75.6 Å². The summed E-state index contributed by atoms with van der Waals surface area (Å²) in [6.07, 6.45) is 3.93. The lowest BCUT2D eigenvalue weighted by molar-refractivity contribution is 0.599. The molecule has 0 spiro atoms. The SMILES string of the molecule is C=C(CCC(C)C)c1ccc2c3ccc(C#N)c4c(C(=C)CCC(C)C)ccc(c5ccc(C#N)c1c52)c43. The lowest BCUT2D eigenvalue weighted by Gasteiger charge is -2.20. The van der Waals surface area contributed by atoms with Crippen LogP contribution in [0.15, 0.2) is 61.7 Å². The highest BCUT2D eigenvalue weighted by molar-refractivity contribution is 6.35. The van der Waals surface area contributed by atoms with Crippen LogP contribution in [0, 0.1) is 34.5 Å². The van der Waals surface area contributed by atoms with Crippen LogP contribution in [0.3, 0.4) is 0 Å². The zero-order chi connectivity index (χ0) is 27.1. The van der Waals surface area contributed by atoms with Crippen LogP contribution < -0.4 is 0 Å². The van der Waals surface area contributed by atoms with Crippen molar-refractivity contribution in [2.24, 2.45) is 11.8 Å². The second-order valence-corrected chi connectivity index (χ2v) is 11.4. The lowest BCUT2D eigenvalue weighted by atomic mass is 9.82. The summed E-state index contributed by atoms with van der Waals surface area (Å²) < 4.78 is 0. The molecule has 0 N–H and O–H groups in total. The Labute approximate surface area is 225 Å². The molecule has 2 nitrogen and oxygen atoms in total. The van der Waals surface area contributed by atoms with Gasteiger partial charge in [-0.05, 0) is 104 Å². The Morgan fingerprint density at radius 1 is 0.579 bits per heavy atom. The van der Waals surface area contributed by atoms with Crippen LogP contribution in [0.2, 0.25) is 0 Å². The highest BCUT2D eigenvalue weighted by Gasteiger charge is 2.21. The molecule has 0 saturated heterocycles. The van der Waals surface area contributed by atoms with Crippen molar-refractivity contribution in [2.45, 2.75) is 53.4 Å². The minimum Gasteiger partial charge on any atom is -0.192 e. The maximum atomic E-state index is 10.1. The van der Waals surface area contributed by atoms with E-state index in [-0.39, 0.29) is 0 Å². The third kappa shape index (κ3) is 4.12. The van der Waals surface area contributed by atoms with E-state index in [1.54, 1.807) is 0 Å². The number of rotatable bonds is 8. The van der Waals surface area contributed by atoms with Gasteiger partial charge in [0.15, 0.2) is 0 Å². The van der Waals surface area contributed by atoms with E-state index in [0.717, 1.165) is 91.0 Å². The molecule has 0 amide bonds. The van der Waals surface area contributed by atoms with Crippen molar-refractivity contribution in [1.82, 2.24) is 0 Å². The fourth-order valence-electron chi connectivity index (χ4n) is 5.86. The topological polar surface area (TPSA) is 47.6 Å². The van der Waals surface area contributed by atoms with E-state index in [2.05, 4.69) is 89.4 Å². The van der Waals surface area contributed by atoms with E-state index in [9.17, 15) is 10.5 Å². The van der Waals surface area contributed by atoms with Gasteiger partial charge in [-0.3, -0.25) is 0 Å². The maximum Gasteiger partial charge on any atom is 0.0998 e. The number of hydrogen-bond donors (Lipinski definition) is 0. The normalized spacial score (nSPS) is 11.7. The Morgan fingerprint density at radius 2 is 0.921 bits per heavy atom. The second-order valence-electron chi connectivity index (χ2n) is 11.4. The number of allylic oxidation sites excluding steroid dienone is 2. The van der Waals surface area contributed by atoms with E-state index in [1.165, 1.54) is 0 Å². The molecule has 0 heterocycles. The van der Waals surface area contributed by atoms with Crippen molar-refractivity contribution in [3.8, 4) is 12.1 Å². The molecule has 38 heavy (non-hydrogen) atoms. The first-order valence-corrected chi connectivity index (χ1v) is 13.6. The van der Waals surface area contributed by atoms with Gasteiger partial charge in [-0.2, -0.15) is 10.5 Å².